The van der Waals surface area contributed by atoms with Gasteiger partial charge in [0.15, 0.2) is 0 Å². The number of hydrogen-bond donors (Lipinski definition) is 2. The molecule has 2 N–H and O–H groups in total. The Morgan fingerprint density at radius 3 is 1.36 bits per heavy atom. The standard InChI is InChI=1S/C10H18O2Si.C9H16O2Si/c1-8(10(11)12)7-13-9-5-3-2-4-6-9;1-7(9(10)11)6-12-8-4-2-3-5-8/h9H,1-7,13H2,(H,11,12);8H,1-6,12H2,(H,10,11). The van der Waals surface area contributed by atoms with Crippen molar-refractivity contribution in [2.75, 3.05) is 0 Å². The van der Waals surface area contributed by atoms with Crippen LogP contribution >= 0.6 is 0 Å². The van der Waals surface area contributed by atoms with Crippen molar-refractivity contribution in [1.29, 1.82) is 0 Å². The van der Waals surface area contributed by atoms with E-state index in [0.29, 0.717) is 11.1 Å². The molecule has 0 radical (unpaired) electrons. The summed E-state index contributed by atoms with van der Waals surface area (Å²) in [6.45, 7) is 7.12. The third kappa shape index (κ3) is 9.80. The minimum absolute atomic E-state index is 0.183. The molecular formula is C19H34O4Si2. The van der Waals surface area contributed by atoms with Crippen LogP contribution in [-0.4, -0.2) is 41.2 Å². The molecule has 0 heterocycles. The molecule has 0 aromatic heterocycles. The molecule has 0 saturated heterocycles. The van der Waals surface area contributed by atoms with Crippen LogP contribution in [0, 0.1) is 0 Å². The average Bonchev–Trinajstić information content (AvgIpc) is 3.12. The lowest BCUT2D eigenvalue weighted by molar-refractivity contribution is -0.133. The van der Waals surface area contributed by atoms with Crippen LogP contribution in [0.2, 0.25) is 23.2 Å². The van der Waals surface area contributed by atoms with Crippen LogP contribution in [0.1, 0.15) is 57.8 Å². The van der Waals surface area contributed by atoms with Crippen molar-refractivity contribution in [3.05, 3.63) is 24.3 Å². The molecule has 2 rings (SSSR count). The van der Waals surface area contributed by atoms with Crippen molar-refractivity contribution in [1.82, 2.24) is 0 Å². The largest absolute Gasteiger partial charge is 0.478 e. The van der Waals surface area contributed by atoms with Crippen molar-refractivity contribution in [3.63, 3.8) is 0 Å². The molecule has 0 amide bonds. The number of carboxylic acid groups (broad SMARTS) is 2. The van der Waals surface area contributed by atoms with Crippen molar-refractivity contribution in [3.8, 4) is 0 Å². The van der Waals surface area contributed by atoms with E-state index >= 15 is 0 Å². The molecule has 0 bridgehead atoms. The average molecular weight is 383 g/mol. The molecule has 0 spiro atoms. The maximum absolute atomic E-state index is 10.5. The summed E-state index contributed by atoms with van der Waals surface area (Å²) >= 11 is 0. The SMILES string of the molecule is C=C(C[SiH2]C1CCCC1)C(=O)O.C=C(C[SiH2]C1CCCCC1)C(=O)O. The zero-order valence-corrected chi connectivity index (χ0v) is 18.3. The number of aliphatic carboxylic acids is 2. The molecule has 6 heteroatoms. The van der Waals surface area contributed by atoms with E-state index < -0.39 is 11.9 Å². The monoisotopic (exact) mass is 382 g/mol. The molecule has 0 aromatic carbocycles. The topological polar surface area (TPSA) is 74.6 Å². The molecule has 2 aliphatic rings. The minimum atomic E-state index is -0.805. The molecule has 2 fully saturated rings. The van der Waals surface area contributed by atoms with E-state index in [2.05, 4.69) is 13.2 Å². The summed E-state index contributed by atoms with van der Waals surface area (Å²) in [5, 5.41) is 17.2. The summed E-state index contributed by atoms with van der Waals surface area (Å²) in [5.41, 5.74) is 2.65. The van der Waals surface area contributed by atoms with E-state index in [9.17, 15) is 9.59 Å². The van der Waals surface area contributed by atoms with Crippen LogP contribution in [0.3, 0.4) is 0 Å². The molecule has 0 aromatic rings. The second-order valence-electron chi connectivity index (χ2n) is 7.55. The Kier molecular flexibility index (Phi) is 10.7. The lowest BCUT2D eigenvalue weighted by atomic mass is 10.0. The summed E-state index contributed by atoms with van der Waals surface area (Å²) in [4.78, 5) is 20.9. The second-order valence-corrected chi connectivity index (χ2v) is 12.0. The van der Waals surface area contributed by atoms with Gasteiger partial charge in [0.1, 0.15) is 0 Å². The van der Waals surface area contributed by atoms with Gasteiger partial charge in [0.25, 0.3) is 0 Å². The van der Waals surface area contributed by atoms with Gasteiger partial charge in [0.05, 0.1) is 0 Å². The van der Waals surface area contributed by atoms with Gasteiger partial charge >= 0.3 is 11.9 Å². The summed E-state index contributed by atoms with van der Waals surface area (Å²) in [6, 6.07) is 1.61. The lowest BCUT2D eigenvalue weighted by Crippen LogP contribution is -2.10. The molecule has 0 aliphatic heterocycles. The van der Waals surface area contributed by atoms with Gasteiger partial charge in [0.2, 0.25) is 0 Å². The predicted molar refractivity (Wildman–Crippen MR) is 109 cm³/mol. The number of rotatable bonds is 8. The first-order valence-electron chi connectivity index (χ1n) is 9.72. The Labute approximate surface area is 156 Å². The quantitative estimate of drug-likeness (QED) is 0.497. The van der Waals surface area contributed by atoms with Gasteiger partial charge in [-0.15, -0.1) is 0 Å². The summed E-state index contributed by atoms with van der Waals surface area (Å²) in [5.74, 6) is -1.61. The zero-order valence-electron chi connectivity index (χ0n) is 15.5. The van der Waals surface area contributed by atoms with Gasteiger partial charge in [-0.3, -0.25) is 0 Å². The minimum Gasteiger partial charge on any atom is -0.478 e. The summed E-state index contributed by atoms with van der Waals surface area (Å²) in [7, 11) is -0.388. The van der Waals surface area contributed by atoms with Gasteiger partial charge in [-0.1, -0.05) is 82.0 Å². The van der Waals surface area contributed by atoms with Crippen molar-refractivity contribution < 1.29 is 19.8 Å². The molecule has 0 atom stereocenters. The zero-order chi connectivity index (χ0) is 18.7. The van der Waals surface area contributed by atoms with E-state index in [1.54, 1.807) is 0 Å². The molecule has 4 nitrogen and oxygen atoms in total. The van der Waals surface area contributed by atoms with Gasteiger partial charge in [-0.2, -0.15) is 0 Å². The van der Waals surface area contributed by atoms with Crippen LogP contribution < -0.4 is 0 Å². The van der Waals surface area contributed by atoms with E-state index in [0.717, 1.165) is 23.2 Å². The highest BCUT2D eigenvalue weighted by atomic mass is 28.2. The highest BCUT2D eigenvalue weighted by Crippen LogP contribution is 2.30. The predicted octanol–water partition coefficient (Wildman–Crippen LogP) is 3.54. The van der Waals surface area contributed by atoms with Crippen LogP contribution in [0.15, 0.2) is 24.3 Å². The number of carbonyl (C=O) groups is 2. The van der Waals surface area contributed by atoms with E-state index in [1.807, 2.05) is 0 Å². The van der Waals surface area contributed by atoms with Gasteiger partial charge in [0, 0.05) is 30.2 Å². The van der Waals surface area contributed by atoms with E-state index in [1.165, 1.54) is 57.8 Å². The Morgan fingerprint density at radius 1 is 0.720 bits per heavy atom. The van der Waals surface area contributed by atoms with Crippen LogP contribution in [-0.2, 0) is 9.59 Å². The highest BCUT2D eigenvalue weighted by molar-refractivity contribution is 6.40. The Bertz CT molecular complexity index is 464. The van der Waals surface area contributed by atoms with Crippen molar-refractivity contribution in [2.45, 2.75) is 81.0 Å². The van der Waals surface area contributed by atoms with Gasteiger partial charge in [-0.05, 0) is 12.1 Å². The Hall–Kier alpha value is -1.15. The normalized spacial score (nSPS) is 19.2. The molecule has 25 heavy (non-hydrogen) atoms. The number of hydrogen-bond acceptors (Lipinski definition) is 2. The van der Waals surface area contributed by atoms with Gasteiger partial charge < -0.3 is 10.2 Å². The van der Waals surface area contributed by atoms with E-state index in [4.69, 9.17) is 10.2 Å². The third-order valence-electron chi connectivity index (χ3n) is 5.51. The van der Waals surface area contributed by atoms with Crippen molar-refractivity contribution >= 4 is 31.0 Å². The fourth-order valence-corrected chi connectivity index (χ4v) is 8.00. The summed E-state index contributed by atoms with van der Waals surface area (Å²) in [6.07, 6.45) is 12.2. The van der Waals surface area contributed by atoms with Crippen LogP contribution in [0.25, 0.3) is 0 Å². The van der Waals surface area contributed by atoms with Crippen LogP contribution in [0.5, 0.6) is 0 Å². The lowest BCUT2D eigenvalue weighted by Gasteiger charge is -2.20. The van der Waals surface area contributed by atoms with Crippen LogP contribution in [0.4, 0.5) is 0 Å². The first-order valence-corrected chi connectivity index (χ1v) is 13.4. The molecule has 142 valence electrons. The molecule has 0 unspecified atom stereocenters. The Morgan fingerprint density at radius 2 is 1.04 bits per heavy atom. The second kappa shape index (κ2) is 12.2. The maximum atomic E-state index is 10.5. The molecule has 2 saturated carbocycles. The Balaban J connectivity index is 0.000000251. The van der Waals surface area contributed by atoms with Crippen molar-refractivity contribution in [2.24, 2.45) is 0 Å². The van der Waals surface area contributed by atoms with E-state index in [-0.39, 0.29) is 19.0 Å². The smallest absolute Gasteiger partial charge is 0.330 e. The first kappa shape index (κ1) is 21.9. The fraction of sp³-hybridized carbons (Fsp3) is 0.684. The fourth-order valence-electron chi connectivity index (χ4n) is 3.75. The van der Waals surface area contributed by atoms with Gasteiger partial charge in [-0.25, -0.2) is 9.59 Å². The maximum Gasteiger partial charge on any atom is 0.330 e. The molecular weight excluding hydrogens is 348 g/mol. The summed E-state index contributed by atoms with van der Waals surface area (Å²) < 4.78 is 0. The number of carboxylic acids is 2. The molecule has 2 aliphatic carbocycles. The highest BCUT2D eigenvalue weighted by Gasteiger charge is 2.16. The third-order valence-corrected chi connectivity index (χ3v) is 10.6. The first-order chi connectivity index (χ1) is 11.9.